The zero-order chi connectivity index (χ0) is 30.8. The van der Waals surface area contributed by atoms with Crippen LogP contribution in [0.3, 0.4) is 0 Å². The number of rotatable bonds is 7. The van der Waals surface area contributed by atoms with Gasteiger partial charge in [0.1, 0.15) is 18.0 Å². The molecule has 0 N–H and O–H groups in total. The SMILES string of the molecule is COCC1CN(c2nc(OCC3CCCN3C)nc3c2CCN(c2cccc4ccccc24)C3)CCN1C(=O)OC(C)(C)C. The van der Waals surface area contributed by atoms with Crippen molar-refractivity contribution in [3.8, 4) is 6.01 Å². The molecular formula is C34H46N6O4. The third-order valence-electron chi connectivity index (χ3n) is 8.98. The van der Waals surface area contributed by atoms with Crippen LogP contribution in [0.2, 0.25) is 0 Å². The average Bonchev–Trinajstić information content (AvgIpc) is 3.42. The van der Waals surface area contributed by atoms with E-state index in [1.165, 1.54) is 22.9 Å². The fourth-order valence-electron chi connectivity index (χ4n) is 6.71. The van der Waals surface area contributed by atoms with E-state index in [2.05, 4.69) is 64.2 Å². The zero-order valence-corrected chi connectivity index (χ0v) is 26.8. The Hall–Kier alpha value is -3.63. The van der Waals surface area contributed by atoms with Crippen molar-refractivity contribution in [3.05, 3.63) is 53.7 Å². The van der Waals surface area contributed by atoms with Crippen LogP contribution in [0.5, 0.6) is 6.01 Å². The number of methoxy groups -OCH3 is 1. The fraction of sp³-hybridized carbons (Fsp3) is 0.559. The van der Waals surface area contributed by atoms with Crippen LogP contribution in [0.15, 0.2) is 42.5 Å². The number of carbonyl (C=O) groups excluding carboxylic acids is 1. The Morgan fingerprint density at radius 1 is 0.955 bits per heavy atom. The molecule has 2 atom stereocenters. The number of aromatic nitrogens is 2. The van der Waals surface area contributed by atoms with Crippen LogP contribution in [0, 0.1) is 0 Å². The molecule has 1 amide bonds. The fourth-order valence-corrected chi connectivity index (χ4v) is 6.71. The van der Waals surface area contributed by atoms with Gasteiger partial charge in [-0.15, -0.1) is 0 Å². The number of carbonyl (C=O) groups is 1. The second kappa shape index (κ2) is 12.8. The van der Waals surface area contributed by atoms with Gasteiger partial charge in [0.2, 0.25) is 0 Å². The molecule has 2 unspecified atom stereocenters. The van der Waals surface area contributed by atoms with Crippen LogP contribution in [0.4, 0.5) is 16.3 Å². The summed E-state index contributed by atoms with van der Waals surface area (Å²) in [6, 6.07) is 15.7. The van der Waals surface area contributed by atoms with Crippen LogP contribution >= 0.6 is 0 Å². The van der Waals surface area contributed by atoms with Gasteiger partial charge in [0, 0.05) is 56.0 Å². The van der Waals surface area contributed by atoms with Crippen molar-refractivity contribution in [1.29, 1.82) is 0 Å². The molecular weight excluding hydrogens is 556 g/mol. The first-order valence-electron chi connectivity index (χ1n) is 15.9. The van der Waals surface area contributed by atoms with Gasteiger partial charge in [0.15, 0.2) is 0 Å². The molecule has 0 bridgehead atoms. The lowest BCUT2D eigenvalue weighted by atomic mass is 10.0. The summed E-state index contributed by atoms with van der Waals surface area (Å²) >= 11 is 0. The van der Waals surface area contributed by atoms with E-state index in [1.807, 2.05) is 20.8 Å². The smallest absolute Gasteiger partial charge is 0.410 e. The molecule has 10 nitrogen and oxygen atoms in total. The topological polar surface area (TPSA) is 83.5 Å². The van der Waals surface area contributed by atoms with Crippen molar-refractivity contribution in [3.63, 3.8) is 0 Å². The van der Waals surface area contributed by atoms with Gasteiger partial charge in [-0.3, -0.25) is 4.90 Å². The molecule has 0 aliphatic carbocycles. The summed E-state index contributed by atoms with van der Waals surface area (Å²) < 4.78 is 17.6. The van der Waals surface area contributed by atoms with Gasteiger partial charge in [-0.2, -0.15) is 9.97 Å². The van der Waals surface area contributed by atoms with Gasteiger partial charge in [-0.25, -0.2) is 4.79 Å². The van der Waals surface area contributed by atoms with E-state index in [9.17, 15) is 4.79 Å². The molecule has 236 valence electrons. The first-order chi connectivity index (χ1) is 21.2. The molecule has 0 saturated carbocycles. The number of benzene rings is 2. The minimum Gasteiger partial charge on any atom is -0.462 e. The summed E-state index contributed by atoms with van der Waals surface area (Å²) in [7, 11) is 3.83. The lowest BCUT2D eigenvalue weighted by Crippen LogP contribution is -2.58. The number of nitrogens with zero attached hydrogens (tertiary/aromatic N) is 6. The van der Waals surface area contributed by atoms with E-state index in [0.29, 0.717) is 51.4 Å². The maximum absolute atomic E-state index is 13.1. The van der Waals surface area contributed by atoms with Gasteiger partial charge in [-0.05, 0) is 65.1 Å². The van der Waals surface area contributed by atoms with Crippen molar-refractivity contribution in [1.82, 2.24) is 19.8 Å². The molecule has 6 rings (SSSR count). The lowest BCUT2D eigenvalue weighted by molar-refractivity contribution is 0.00335. The van der Waals surface area contributed by atoms with Crippen molar-refractivity contribution >= 4 is 28.4 Å². The van der Waals surface area contributed by atoms with Crippen LogP contribution in [0.25, 0.3) is 10.8 Å². The summed E-state index contributed by atoms with van der Waals surface area (Å²) in [4.78, 5) is 32.0. The van der Waals surface area contributed by atoms with Crippen molar-refractivity contribution < 1.29 is 19.0 Å². The van der Waals surface area contributed by atoms with Gasteiger partial charge >= 0.3 is 12.1 Å². The molecule has 3 aromatic rings. The summed E-state index contributed by atoms with van der Waals surface area (Å²) in [5, 5.41) is 2.48. The number of amides is 1. The predicted molar refractivity (Wildman–Crippen MR) is 173 cm³/mol. The van der Waals surface area contributed by atoms with Crippen LogP contribution < -0.4 is 14.5 Å². The molecule has 1 aromatic heterocycles. The highest BCUT2D eigenvalue weighted by Gasteiger charge is 2.36. The molecule has 0 spiro atoms. The van der Waals surface area contributed by atoms with Crippen molar-refractivity contribution in [2.24, 2.45) is 0 Å². The van der Waals surface area contributed by atoms with E-state index in [1.54, 1.807) is 12.0 Å². The summed E-state index contributed by atoms with van der Waals surface area (Å²) in [5.74, 6) is 0.910. The van der Waals surface area contributed by atoms with Gasteiger partial charge in [0.25, 0.3) is 0 Å². The van der Waals surface area contributed by atoms with Gasteiger partial charge < -0.3 is 28.9 Å². The number of likely N-dealkylation sites (N-methyl/N-ethyl adjacent to an activating group) is 1. The standard InChI is InChI=1S/C34H46N6O4/c1-34(2,3)44-33(41)40-19-18-39(20-26(40)22-42-5)31-28-15-17-38(30-14-8-11-24-10-6-7-13-27(24)30)21-29(28)35-32(36-31)43-23-25-12-9-16-37(25)4/h6-8,10-11,13-14,25-26H,9,12,15-23H2,1-5H3. The summed E-state index contributed by atoms with van der Waals surface area (Å²) in [5.41, 5.74) is 2.82. The number of likely N-dealkylation sites (tertiary alicyclic amines) is 1. The third kappa shape index (κ3) is 6.56. The number of piperazine rings is 1. The van der Waals surface area contributed by atoms with Gasteiger partial charge in [-0.1, -0.05) is 36.4 Å². The Balaban J connectivity index is 1.30. The largest absolute Gasteiger partial charge is 0.462 e. The second-order valence-corrected chi connectivity index (χ2v) is 13.2. The number of ether oxygens (including phenoxy) is 3. The van der Waals surface area contributed by atoms with E-state index in [-0.39, 0.29) is 12.1 Å². The summed E-state index contributed by atoms with van der Waals surface area (Å²) in [6.45, 7) is 11.1. The van der Waals surface area contributed by atoms with Crippen LogP contribution in [-0.4, -0.2) is 104 Å². The third-order valence-corrected chi connectivity index (χ3v) is 8.98. The second-order valence-electron chi connectivity index (χ2n) is 13.2. The average molecular weight is 603 g/mol. The van der Waals surface area contributed by atoms with E-state index >= 15 is 0 Å². The van der Waals surface area contributed by atoms with Crippen molar-refractivity contribution in [2.45, 2.75) is 64.3 Å². The lowest BCUT2D eigenvalue weighted by Gasteiger charge is -2.43. The predicted octanol–water partition coefficient (Wildman–Crippen LogP) is 4.74. The highest BCUT2D eigenvalue weighted by molar-refractivity contribution is 5.94. The molecule has 3 aliphatic rings. The summed E-state index contributed by atoms with van der Waals surface area (Å²) in [6.07, 6.45) is 2.82. The van der Waals surface area contributed by atoms with Crippen molar-refractivity contribution in [2.75, 3.05) is 69.9 Å². The highest BCUT2D eigenvalue weighted by atomic mass is 16.6. The Morgan fingerprint density at radius 3 is 2.55 bits per heavy atom. The molecule has 2 aromatic carbocycles. The Bertz CT molecular complexity index is 1470. The van der Waals surface area contributed by atoms with Gasteiger partial charge in [0.05, 0.1) is 24.9 Å². The number of fused-ring (bicyclic) bond motifs is 2. The normalized spacial score (nSPS) is 21.1. The molecule has 0 radical (unpaired) electrons. The minimum absolute atomic E-state index is 0.165. The quantitative estimate of drug-likeness (QED) is 0.381. The molecule has 44 heavy (non-hydrogen) atoms. The van der Waals surface area contributed by atoms with Crippen LogP contribution in [-0.2, 0) is 22.4 Å². The van der Waals surface area contributed by atoms with E-state index in [0.717, 1.165) is 43.0 Å². The molecule has 2 fully saturated rings. The highest BCUT2D eigenvalue weighted by Crippen LogP contribution is 2.35. The molecule has 3 aliphatic heterocycles. The minimum atomic E-state index is -0.562. The Morgan fingerprint density at radius 2 is 1.77 bits per heavy atom. The van der Waals surface area contributed by atoms with E-state index < -0.39 is 5.60 Å². The Labute approximate surface area is 260 Å². The molecule has 2 saturated heterocycles. The first kappa shape index (κ1) is 30.4. The number of hydrogen-bond acceptors (Lipinski definition) is 9. The maximum atomic E-state index is 13.1. The van der Waals surface area contributed by atoms with Crippen LogP contribution in [0.1, 0.15) is 44.9 Å². The number of anilines is 2. The monoisotopic (exact) mass is 602 g/mol. The molecule has 4 heterocycles. The van der Waals surface area contributed by atoms with E-state index in [4.69, 9.17) is 24.2 Å². The molecule has 10 heteroatoms. The number of hydrogen-bond donors (Lipinski definition) is 0. The zero-order valence-electron chi connectivity index (χ0n) is 26.8. The Kier molecular flexibility index (Phi) is 8.82. The first-order valence-corrected chi connectivity index (χ1v) is 15.9. The maximum Gasteiger partial charge on any atom is 0.410 e.